The van der Waals surface area contributed by atoms with E-state index in [9.17, 15) is 2.74 Å². The second kappa shape index (κ2) is 13.3. The van der Waals surface area contributed by atoms with E-state index in [1.165, 1.54) is 12.1 Å². The molecule has 0 aliphatic carbocycles. The second-order valence-electron chi connectivity index (χ2n) is 13.5. The Morgan fingerprint density at radius 1 is 0.411 bits per heavy atom. The average molecular weight is 739 g/mol. The molecule has 11 aromatic rings. The van der Waals surface area contributed by atoms with Crippen LogP contribution in [0, 0.1) is 0 Å². The summed E-state index contributed by atoms with van der Waals surface area (Å²) < 4.78 is 58.1. The van der Waals surface area contributed by atoms with Crippen LogP contribution >= 0.6 is 11.3 Å². The molecule has 0 fully saturated rings. The summed E-state index contributed by atoms with van der Waals surface area (Å²) in [6.45, 7) is 0. The molecule has 0 saturated carbocycles. The highest BCUT2D eigenvalue weighted by atomic mass is 32.1. The Labute approximate surface area is 336 Å². The molecule has 0 aliphatic rings. The standard InChI is InChI=1S/C51H32N4S/c1-3-16-33(17-4-1)36-20-7-8-24-43(36)51-53-49(34-18-5-2-6-19-34)52-50(54-51)35-30-31-39(41-25-15-26-42-40-23-11-14-29-47(40)56-48(41)42)46(32-35)55-44-27-12-9-21-37(44)38-22-10-13-28-45(38)55/h1-32H/i9D,10D,21D,22D,27D,28D. The van der Waals surface area contributed by atoms with Gasteiger partial charge in [-0.25, -0.2) is 15.0 Å². The molecule has 5 heteroatoms. The van der Waals surface area contributed by atoms with Gasteiger partial charge >= 0.3 is 0 Å². The Balaban J connectivity index is 1.25. The SMILES string of the molecule is [2H]c1cc([2H])c2c(c1[2H])c1c([2H])c([2H])cc([2H])c1n2-c1cc(-c2nc(-c3ccccc3)nc(-c3ccccc3-c3ccccc3)n2)ccc1-c1cccc2c1sc1ccccc12. The van der Waals surface area contributed by atoms with Crippen LogP contribution in [0.3, 0.4) is 0 Å². The zero-order chi connectivity index (χ0) is 42.2. The summed E-state index contributed by atoms with van der Waals surface area (Å²) in [5.41, 5.74) is 7.06. The maximum atomic E-state index is 9.33. The number of nitrogens with zero attached hydrogens (tertiary/aromatic N) is 4. The van der Waals surface area contributed by atoms with Crippen LogP contribution < -0.4 is 0 Å². The van der Waals surface area contributed by atoms with E-state index in [1.807, 2.05) is 103 Å². The molecule has 0 bridgehead atoms. The monoisotopic (exact) mass is 738 g/mol. The fraction of sp³-hybridized carbons (Fsp3) is 0. The predicted molar refractivity (Wildman–Crippen MR) is 234 cm³/mol. The Kier molecular flexibility index (Phi) is 6.29. The molecule has 56 heavy (non-hydrogen) atoms. The van der Waals surface area contributed by atoms with Crippen molar-refractivity contribution in [2.75, 3.05) is 0 Å². The Morgan fingerprint density at radius 3 is 1.75 bits per heavy atom. The molecule has 3 heterocycles. The minimum Gasteiger partial charge on any atom is -0.309 e. The van der Waals surface area contributed by atoms with E-state index in [2.05, 4.69) is 42.5 Å². The van der Waals surface area contributed by atoms with Crippen molar-refractivity contribution in [1.29, 1.82) is 0 Å². The second-order valence-corrected chi connectivity index (χ2v) is 14.5. The van der Waals surface area contributed by atoms with Crippen molar-refractivity contribution in [1.82, 2.24) is 19.5 Å². The number of thiophene rings is 1. The molecule has 0 aliphatic heterocycles. The fourth-order valence-electron chi connectivity index (χ4n) is 7.69. The van der Waals surface area contributed by atoms with E-state index < -0.39 is 0 Å². The van der Waals surface area contributed by atoms with Crippen molar-refractivity contribution in [2.24, 2.45) is 0 Å². The van der Waals surface area contributed by atoms with E-state index >= 15 is 0 Å². The Hall–Kier alpha value is -7.21. The molecule has 0 atom stereocenters. The number of fused-ring (bicyclic) bond motifs is 6. The number of hydrogen-bond acceptors (Lipinski definition) is 4. The molecule has 8 aromatic carbocycles. The van der Waals surface area contributed by atoms with Gasteiger partial charge in [-0.3, -0.25) is 0 Å². The summed E-state index contributed by atoms with van der Waals surface area (Å²) in [6, 6.07) is 50.3. The lowest BCUT2D eigenvalue weighted by molar-refractivity contribution is 1.07. The minimum atomic E-state index is -0.172. The van der Waals surface area contributed by atoms with Crippen molar-refractivity contribution in [3.63, 3.8) is 0 Å². The van der Waals surface area contributed by atoms with Crippen LogP contribution in [0.4, 0.5) is 0 Å². The van der Waals surface area contributed by atoms with E-state index in [0.717, 1.165) is 53.6 Å². The molecule has 0 unspecified atom stereocenters. The van der Waals surface area contributed by atoms with Gasteiger partial charge in [0.1, 0.15) is 0 Å². The lowest BCUT2D eigenvalue weighted by Crippen LogP contribution is -2.03. The molecule has 4 nitrogen and oxygen atoms in total. The summed E-state index contributed by atoms with van der Waals surface area (Å²) in [6.07, 6.45) is 0. The fourth-order valence-corrected chi connectivity index (χ4v) is 8.92. The number of hydrogen-bond donors (Lipinski definition) is 0. The van der Waals surface area contributed by atoms with Crippen LogP contribution in [-0.2, 0) is 0 Å². The van der Waals surface area contributed by atoms with E-state index in [-0.39, 0.29) is 58.1 Å². The van der Waals surface area contributed by atoms with Gasteiger partial charge in [-0.2, -0.15) is 0 Å². The summed E-state index contributed by atoms with van der Waals surface area (Å²) in [7, 11) is 0. The number of para-hydroxylation sites is 2. The average Bonchev–Trinajstić information content (AvgIpc) is 3.88. The molecule has 0 N–H and O–H groups in total. The lowest BCUT2D eigenvalue weighted by Gasteiger charge is -2.17. The van der Waals surface area contributed by atoms with Crippen LogP contribution in [-0.4, -0.2) is 19.5 Å². The number of benzene rings is 8. The lowest BCUT2D eigenvalue weighted by atomic mass is 9.98. The maximum absolute atomic E-state index is 9.33. The van der Waals surface area contributed by atoms with Crippen molar-refractivity contribution in [3.8, 4) is 62.1 Å². The highest BCUT2D eigenvalue weighted by Crippen LogP contribution is 2.44. The van der Waals surface area contributed by atoms with Gasteiger partial charge < -0.3 is 4.57 Å². The first-order chi connectivity index (χ1) is 30.2. The third-order valence-electron chi connectivity index (χ3n) is 10.2. The van der Waals surface area contributed by atoms with Gasteiger partial charge in [-0.1, -0.05) is 170 Å². The van der Waals surface area contributed by atoms with Gasteiger partial charge in [-0.05, 0) is 35.3 Å². The van der Waals surface area contributed by atoms with Crippen molar-refractivity contribution < 1.29 is 8.22 Å². The Morgan fingerprint density at radius 2 is 1.00 bits per heavy atom. The highest BCUT2D eigenvalue weighted by Gasteiger charge is 2.21. The largest absolute Gasteiger partial charge is 0.309 e. The van der Waals surface area contributed by atoms with E-state index in [4.69, 9.17) is 20.4 Å². The van der Waals surface area contributed by atoms with Crippen molar-refractivity contribution in [2.45, 2.75) is 0 Å². The molecule has 0 saturated heterocycles. The van der Waals surface area contributed by atoms with Gasteiger partial charge in [0.25, 0.3) is 0 Å². The van der Waals surface area contributed by atoms with E-state index in [1.54, 1.807) is 15.9 Å². The number of aromatic nitrogens is 4. The topological polar surface area (TPSA) is 43.6 Å². The molecule has 3 aromatic heterocycles. The summed E-state index contributed by atoms with van der Waals surface area (Å²) in [4.78, 5) is 15.4. The van der Waals surface area contributed by atoms with Gasteiger partial charge in [0, 0.05) is 58.8 Å². The third-order valence-corrected chi connectivity index (χ3v) is 11.5. The first-order valence-corrected chi connectivity index (χ1v) is 19.1. The van der Waals surface area contributed by atoms with Crippen LogP contribution in [0.5, 0.6) is 0 Å². The molecule has 0 spiro atoms. The minimum absolute atomic E-state index is 0.0368. The predicted octanol–water partition coefficient (Wildman–Crippen LogP) is 13.7. The molecule has 11 rings (SSSR count). The summed E-state index contributed by atoms with van der Waals surface area (Å²) >= 11 is 1.68. The van der Waals surface area contributed by atoms with Crippen LogP contribution in [0.25, 0.3) is 104 Å². The summed E-state index contributed by atoms with van der Waals surface area (Å²) in [5, 5.41) is 2.60. The Bertz CT molecular complexity index is 3530. The van der Waals surface area contributed by atoms with Gasteiger partial charge in [-0.15, -0.1) is 11.3 Å². The molecular weight excluding hydrogens is 701 g/mol. The van der Waals surface area contributed by atoms with Crippen molar-refractivity contribution in [3.05, 3.63) is 194 Å². The molecule has 262 valence electrons. The van der Waals surface area contributed by atoms with Gasteiger partial charge in [0.2, 0.25) is 0 Å². The van der Waals surface area contributed by atoms with E-state index in [0.29, 0.717) is 28.7 Å². The smallest absolute Gasteiger partial charge is 0.164 e. The number of rotatable bonds is 6. The van der Waals surface area contributed by atoms with Crippen molar-refractivity contribution >= 4 is 53.3 Å². The molecular formula is C51H32N4S. The van der Waals surface area contributed by atoms with Gasteiger partial charge in [0.05, 0.1) is 24.9 Å². The van der Waals surface area contributed by atoms with Crippen LogP contribution in [0.1, 0.15) is 8.22 Å². The maximum Gasteiger partial charge on any atom is 0.164 e. The quantitative estimate of drug-likeness (QED) is 0.171. The molecule has 0 radical (unpaired) electrons. The zero-order valence-electron chi connectivity index (χ0n) is 35.7. The molecule has 0 amide bonds. The first kappa shape index (κ1) is 26.5. The van der Waals surface area contributed by atoms with Crippen LogP contribution in [0.15, 0.2) is 194 Å². The third kappa shape index (κ3) is 5.32. The van der Waals surface area contributed by atoms with Crippen LogP contribution in [0.2, 0.25) is 0 Å². The normalized spacial score (nSPS) is 13.1. The van der Waals surface area contributed by atoms with Gasteiger partial charge in [0.15, 0.2) is 17.5 Å². The highest BCUT2D eigenvalue weighted by molar-refractivity contribution is 7.26. The zero-order valence-corrected chi connectivity index (χ0v) is 30.5. The summed E-state index contributed by atoms with van der Waals surface area (Å²) in [5.74, 6) is 1.36. The first-order valence-electron chi connectivity index (χ1n) is 21.3.